The predicted octanol–water partition coefficient (Wildman–Crippen LogP) is 0.0417. The van der Waals surface area contributed by atoms with Crippen LogP contribution in [0.15, 0.2) is 23.1 Å². The SMILES string of the molecule is CC(CO)CN1C(=O)c2ccc(N)cc2S1(=O)=O. The lowest BCUT2D eigenvalue weighted by molar-refractivity contribution is 0.0846. The van der Waals surface area contributed by atoms with Crippen molar-refractivity contribution in [3.63, 3.8) is 0 Å². The first-order valence-corrected chi connectivity index (χ1v) is 6.89. The first kappa shape index (κ1) is 12.8. The van der Waals surface area contributed by atoms with E-state index in [-0.39, 0.29) is 29.5 Å². The van der Waals surface area contributed by atoms with Gasteiger partial charge in [0.05, 0.1) is 5.56 Å². The van der Waals surface area contributed by atoms with Gasteiger partial charge in [0.1, 0.15) is 4.90 Å². The maximum Gasteiger partial charge on any atom is 0.269 e. The van der Waals surface area contributed by atoms with E-state index in [4.69, 9.17) is 10.8 Å². The van der Waals surface area contributed by atoms with Crippen LogP contribution in [0, 0.1) is 5.92 Å². The van der Waals surface area contributed by atoms with E-state index < -0.39 is 15.9 Å². The Kier molecular flexibility index (Phi) is 3.04. The highest BCUT2D eigenvalue weighted by atomic mass is 32.2. The van der Waals surface area contributed by atoms with Crippen LogP contribution in [0.3, 0.4) is 0 Å². The number of hydrogen-bond donors (Lipinski definition) is 2. The number of nitrogens with two attached hydrogens (primary N) is 1. The summed E-state index contributed by atoms with van der Waals surface area (Å²) in [6, 6.07) is 4.19. The molecule has 1 aliphatic heterocycles. The number of sulfonamides is 1. The quantitative estimate of drug-likeness (QED) is 0.755. The molecule has 1 aromatic carbocycles. The molecular formula is C11H14N2O4S. The van der Waals surface area contributed by atoms with Gasteiger partial charge in [-0.25, -0.2) is 12.7 Å². The smallest absolute Gasteiger partial charge is 0.269 e. The van der Waals surface area contributed by atoms with Crippen LogP contribution in [0.2, 0.25) is 0 Å². The fourth-order valence-corrected chi connectivity index (χ4v) is 3.54. The van der Waals surface area contributed by atoms with Crippen LogP contribution in [-0.2, 0) is 10.0 Å². The molecule has 1 atom stereocenters. The molecule has 1 aliphatic rings. The molecule has 0 fully saturated rings. The Bertz CT molecular complexity index is 597. The molecule has 0 saturated carbocycles. The zero-order valence-electron chi connectivity index (χ0n) is 9.83. The van der Waals surface area contributed by atoms with Crippen molar-refractivity contribution in [2.24, 2.45) is 5.92 Å². The molecule has 1 unspecified atom stereocenters. The number of aliphatic hydroxyl groups is 1. The summed E-state index contributed by atoms with van der Waals surface area (Å²) in [7, 11) is -3.83. The molecule has 0 radical (unpaired) electrons. The summed E-state index contributed by atoms with van der Waals surface area (Å²) in [6.45, 7) is 1.45. The number of rotatable bonds is 3. The van der Waals surface area contributed by atoms with Gasteiger partial charge in [0.15, 0.2) is 0 Å². The van der Waals surface area contributed by atoms with Crippen LogP contribution in [0.5, 0.6) is 0 Å². The van der Waals surface area contributed by atoms with Crippen molar-refractivity contribution in [2.45, 2.75) is 11.8 Å². The maximum atomic E-state index is 12.2. The number of hydrogen-bond acceptors (Lipinski definition) is 5. The van der Waals surface area contributed by atoms with E-state index in [1.165, 1.54) is 18.2 Å². The van der Waals surface area contributed by atoms with Gasteiger partial charge < -0.3 is 10.8 Å². The number of carbonyl (C=O) groups excluding carboxylic acids is 1. The molecule has 1 amide bonds. The van der Waals surface area contributed by atoms with E-state index in [1.807, 2.05) is 0 Å². The molecule has 0 saturated heterocycles. The van der Waals surface area contributed by atoms with Crippen LogP contribution in [-0.4, -0.2) is 36.9 Å². The first-order chi connectivity index (χ1) is 8.37. The second-order valence-electron chi connectivity index (χ2n) is 4.38. The van der Waals surface area contributed by atoms with Crippen molar-refractivity contribution in [1.29, 1.82) is 0 Å². The zero-order chi connectivity index (χ0) is 13.5. The van der Waals surface area contributed by atoms with Gasteiger partial charge in [-0.2, -0.15) is 0 Å². The summed E-state index contributed by atoms with van der Waals surface area (Å²) in [5, 5.41) is 8.96. The molecule has 0 aromatic heterocycles. The summed E-state index contributed by atoms with van der Waals surface area (Å²) in [6.07, 6.45) is 0. The minimum atomic E-state index is -3.83. The van der Waals surface area contributed by atoms with E-state index in [0.717, 1.165) is 4.31 Å². The molecule has 1 aromatic rings. The number of nitrogens with zero attached hydrogens (tertiary/aromatic N) is 1. The van der Waals surface area contributed by atoms with Crippen LogP contribution in [0.1, 0.15) is 17.3 Å². The Labute approximate surface area is 105 Å². The average Bonchev–Trinajstić information content (AvgIpc) is 2.50. The van der Waals surface area contributed by atoms with Gasteiger partial charge >= 0.3 is 0 Å². The van der Waals surface area contributed by atoms with Crippen LogP contribution in [0.25, 0.3) is 0 Å². The highest BCUT2D eigenvalue weighted by molar-refractivity contribution is 7.90. The van der Waals surface area contributed by atoms with E-state index in [9.17, 15) is 13.2 Å². The molecule has 0 aliphatic carbocycles. The second-order valence-corrected chi connectivity index (χ2v) is 6.22. The molecule has 0 spiro atoms. The minimum absolute atomic E-state index is 0.0355. The topological polar surface area (TPSA) is 101 Å². The Morgan fingerprint density at radius 2 is 2.11 bits per heavy atom. The monoisotopic (exact) mass is 270 g/mol. The van der Waals surface area contributed by atoms with Gasteiger partial charge in [-0.1, -0.05) is 6.92 Å². The summed E-state index contributed by atoms with van der Waals surface area (Å²) in [5.74, 6) is -0.874. The van der Waals surface area contributed by atoms with Gasteiger partial charge in [0.2, 0.25) is 0 Å². The number of aliphatic hydroxyl groups excluding tert-OH is 1. The number of anilines is 1. The Morgan fingerprint density at radius 3 is 2.72 bits per heavy atom. The normalized spacial score (nSPS) is 18.8. The predicted molar refractivity (Wildman–Crippen MR) is 65.3 cm³/mol. The van der Waals surface area contributed by atoms with Gasteiger partial charge in [0.25, 0.3) is 15.9 Å². The standard InChI is InChI=1S/C11H14N2O4S/c1-7(6-14)5-13-11(15)9-3-2-8(12)4-10(9)18(13,16)17/h2-4,7,14H,5-6,12H2,1H3. The van der Waals surface area contributed by atoms with Crippen LogP contribution < -0.4 is 5.73 Å². The average molecular weight is 270 g/mol. The molecule has 98 valence electrons. The second kappa shape index (κ2) is 4.25. The minimum Gasteiger partial charge on any atom is -0.399 e. The molecule has 7 heteroatoms. The number of benzene rings is 1. The highest BCUT2D eigenvalue weighted by Crippen LogP contribution is 2.32. The summed E-state index contributed by atoms with van der Waals surface area (Å²) < 4.78 is 25.1. The fraction of sp³-hybridized carbons (Fsp3) is 0.364. The fourth-order valence-electron chi connectivity index (χ4n) is 1.81. The van der Waals surface area contributed by atoms with Gasteiger partial charge in [-0.05, 0) is 24.1 Å². The van der Waals surface area contributed by atoms with Crippen molar-refractivity contribution in [3.05, 3.63) is 23.8 Å². The molecule has 0 bridgehead atoms. The molecule has 6 nitrogen and oxygen atoms in total. The highest BCUT2D eigenvalue weighted by Gasteiger charge is 2.41. The maximum absolute atomic E-state index is 12.2. The van der Waals surface area contributed by atoms with Crippen molar-refractivity contribution in [2.75, 3.05) is 18.9 Å². The Balaban J connectivity index is 2.48. The third-order valence-corrected chi connectivity index (χ3v) is 4.61. The lowest BCUT2D eigenvalue weighted by Crippen LogP contribution is -2.34. The lowest BCUT2D eigenvalue weighted by Gasteiger charge is -2.18. The van der Waals surface area contributed by atoms with E-state index in [0.29, 0.717) is 5.69 Å². The third-order valence-electron chi connectivity index (χ3n) is 2.82. The van der Waals surface area contributed by atoms with E-state index in [1.54, 1.807) is 6.92 Å². The Morgan fingerprint density at radius 1 is 1.44 bits per heavy atom. The number of fused-ring (bicyclic) bond motifs is 1. The zero-order valence-corrected chi connectivity index (χ0v) is 10.6. The van der Waals surface area contributed by atoms with Crippen molar-refractivity contribution >= 4 is 21.6 Å². The van der Waals surface area contributed by atoms with Crippen LogP contribution in [0.4, 0.5) is 5.69 Å². The molecule has 2 rings (SSSR count). The van der Waals surface area contributed by atoms with E-state index in [2.05, 4.69) is 0 Å². The Hall–Kier alpha value is -1.60. The molecular weight excluding hydrogens is 256 g/mol. The van der Waals surface area contributed by atoms with Gasteiger partial charge in [-0.3, -0.25) is 4.79 Å². The summed E-state index contributed by atoms with van der Waals surface area (Å²) in [5.41, 5.74) is 5.96. The van der Waals surface area contributed by atoms with Crippen molar-refractivity contribution < 1.29 is 18.3 Å². The van der Waals surface area contributed by atoms with E-state index >= 15 is 0 Å². The largest absolute Gasteiger partial charge is 0.399 e. The van der Waals surface area contributed by atoms with Crippen molar-refractivity contribution in [1.82, 2.24) is 4.31 Å². The summed E-state index contributed by atoms with van der Waals surface area (Å²) in [4.78, 5) is 11.9. The van der Waals surface area contributed by atoms with Gasteiger partial charge in [-0.15, -0.1) is 0 Å². The third kappa shape index (κ3) is 1.85. The molecule has 3 N–H and O–H groups in total. The van der Waals surface area contributed by atoms with Crippen molar-refractivity contribution in [3.8, 4) is 0 Å². The number of nitrogen functional groups attached to an aromatic ring is 1. The molecule has 18 heavy (non-hydrogen) atoms. The number of amides is 1. The number of carbonyl (C=O) groups is 1. The lowest BCUT2D eigenvalue weighted by atomic mass is 10.1. The van der Waals surface area contributed by atoms with Gasteiger partial charge in [0, 0.05) is 18.8 Å². The molecule has 1 heterocycles. The summed E-state index contributed by atoms with van der Waals surface area (Å²) >= 11 is 0. The van der Waals surface area contributed by atoms with Crippen LogP contribution >= 0.6 is 0 Å². The first-order valence-electron chi connectivity index (χ1n) is 5.45.